The van der Waals surface area contributed by atoms with Gasteiger partial charge in [-0.3, -0.25) is 0 Å². The van der Waals surface area contributed by atoms with Gasteiger partial charge in [-0.2, -0.15) is 0 Å². The average molecular weight is 226 g/mol. The molecule has 1 atom stereocenters. The summed E-state index contributed by atoms with van der Waals surface area (Å²) in [4.78, 5) is 0. The Morgan fingerprint density at radius 2 is 1.47 bits per heavy atom. The molecule has 0 aromatic heterocycles. The van der Waals surface area contributed by atoms with Crippen molar-refractivity contribution in [1.29, 1.82) is 0 Å². The molecule has 0 fully saturated rings. The molecule has 0 bridgehead atoms. The van der Waals surface area contributed by atoms with Gasteiger partial charge in [-0.15, -0.1) is 0 Å². The predicted octanol–water partition coefficient (Wildman–Crippen LogP) is 4.01. The molecule has 0 heterocycles. The van der Waals surface area contributed by atoms with E-state index in [2.05, 4.69) is 48.5 Å². The Morgan fingerprint density at radius 1 is 0.882 bits per heavy atom. The van der Waals surface area contributed by atoms with Gasteiger partial charge in [0.05, 0.1) is 6.10 Å². The van der Waals surface area contributed by atoms with Crippen molar-refractivity contribution in [3.05, 3.63) is 71.8 Å². The molecule has 0 saturated carbocycles. The van der Waals surface area contributed by atoms with Crippen molar-refractivity contribution in [3.63, 3.8) is 0 Å². The van der Waals surface area contributed by atoms with E-state index in [-0.39, 0.29) is 6.10 Å². The topological polar surface area (TPSA) is 9.23 Å². The van der Waals surface area contributed by atoms with Crippen LogP contribution in [-0.4, -0.2) is 6.61 Å². The summed E-state index contributed by atoms with van der Waals surface area (Å²) in [5.74, 6) is 0. The lowest BCUT2D eigenvalue weighted by molar-refractivity contribution is 0.0628. The van der Waals surface area contributed by atoms with Crippen LogP contribution in [0.5, 0.6) is 0 Å². The zero-order chi connectivity index (χ0) is 11.9. The summed E-state index contributed by atoms with van der Waals surface area (Å²) in [6, 6.07) is 20.9. The highest BCUT2D eigenvalue weighted by atomic mass is 16.5. The Hall–Kier alpha value is -1.60. The van der Waals surface area contributed by atoms with Gasteiger partial charge >= 0.3 is 0 Å². The van der Waals surface area contributed by atoms with E-state index < -0.39 is 0 Å². The first-order valence-corrected chi connectivity index (χ1v) is 6.10. The minimum Gasteiger partial charge on any atom is -0.373 e. The van der Waals surface area contributed by atoms with Crippen LogP contribution in [0.2, 0.25) is 0 Å². The molecule has 2 rings (SSSR count). The monoisotopic (exact) mass is 226 g/mol. The van der Waals surface area contributed by atoms with Crippen LogP contribution in [0.15, 0.2) is 60.7 Å². The Balaban J connectivity index is 2.13. The van der Waals surface area contributed by atoms with Gasteiger partial charge in [-0.1, -0.05) is 60.7 Å². The Bertz CT molecular complexity index is 422. The SMILES string of the molecule is CCOC(Cc1ccccc1)c1ccccc1. The summed E-state index contributed by atoms with van der Waals surface area (Å²) in [6.07, 6.45) is 1.09. The summed E-state index contributed by atoms with van der Waals surface area (Å²) in [6.45, 7) is 2.79. The number of hydrogen-bond acceptors (Lipinski definition) is 1. The third-order valence-electron chi connectivity index (χ3n) is 2.80. The number of benzene rings is 2. The molecule has 0 aliphatic carbocycles. The van der Waals surface area contributed by atoms with Crippen molar-refractivity contribution in [2.45, 2.75) is 19.4 Å². The van der Waals surface area contributed by atoms with Crippen molar-refractivity contribution in [2.75, 3.05) is 6.61 Å². The molecule has 0 amide bonds. The van der Waals surface area contributed by atoms with Crippen molar-refractivity contribution in [3.8, 4) is 0 Å². The van der Waals surface area contributed by atoms with Gasteiger partial charge in [0.15, 0.2) is 0 Å². The Morgan fingerprint density at radius 3 is 2.06 bits per heavy atom. The van der Waals surface area contributed by atoms with E-state index in [1.165, 1.54) is 11.1 Å². The zero-order valence-corrected chi connectivity index (χ0v) is 10.2. The van der Waals surface area contributed by atoms with Crippen LogP contribution >= 0.6 is 0 Å². The van der Waals surface area contributed by atoms with Gasteiger partial charge in [-0.25, -0.2) is 0 Å². The molecule has 88 valence electrons. The van der Waals surface area contributed by atoms with E-state index >= 15 is 0 Å². The lowest BCUT2D eigenvalue weighted by Crippen LogP contribution is -2.07. The third-order valence-corrected chi connectivity index (χ3v) is 2.80. The van der Waals surface area contributed by atoms with E-state index in [0.717, 1.165) is 13.0 Å². The number of hydrogen-bond donors (Lipinski definition) is 0. The minimum atomic E-state index is 0.156. The number of rotatable bonds is 5. The van der Waals surface area contributed by atoms with Gasteiger partial charge in [0.1, 0.15) is 0 Å². The van der Waals surface area contributed by atoms with Crippen LogP contribution in [0, 0.1) is 0 Å². The van der Waals surface area contributed by atoms with E-state index in [1.807, 2.05) is 19.1 Å². The van der Waals surface area contributed by atoms with Crippen molar-refractivity contribution in [1.82, 2.24) is 0 Å². The highest BCUT2D eigenvalue weighted by Crippen LogP contribution is 2.21. The molecule has 0 N–H and O–H groups in total. The maximum absolute atomic E-state index is 5.83. The maximum atomic E-state index is 5.83. The molecule has 2 aromatic carbocycles. The largest absolute Gasteiger partial charge is 0.373 e. The van der Waals surface area contributed by atoms with E-state index in [9.17, 15) is 0 Å². The second-order valence-electron chi connectivity index (χ2n) is 4.04. The Kier molecular flexibility index (Phi) is 4.34. The normalized spacial score (nSPS) is 12.3. The third kappa shape index (κ3) is 3.43. The lowest BCUT2D eigenvalue weighted by Gasteiger charge is -2.17. The first-order chi connectivity index (χ1) is 8.40. The second-order valence-corrected chi connectivity index (χ2v) is 4.04. The van der Waals surface area contributed by atoms with Crippen molar-refractivity contribution < 1.29 is 4.74 Å². The minimum absolute atomic E-state index is 0.156. The molecule has 0 aliphatic rings. The smallest absolute Gasteiger partial charge is 0.0865 e. The van der Waals surface area contributed by atoms with Crippen LogP contribution in [0.4, 0.5) is 0 Å². The molecule has 1 nitrogen and oxygen atoms in total. The number of ether oxygens (including phenoxy) is 1. The van der Waals surface area contributed by atoms with Gasteiger partial charge in [0.25, 0.3) is 0 Å². The molecule has 1 heteroatoms. The molecule has 17 heavy (non-hydrogen) atoms. The summed E-state index contributed by atoms with van der Waals surface area (Å²) >= 11 is 0. The molecule has 1 unspecified atom stereocenters. The average Bonchev–Trinajstić information content (AvgIpc) is 2.40. The molecule has 2 aromatic rings. The fourth-order valence-corrected chi connectivity index (χ4v) is 1.97. The van der Waals surface area contributed by atoms with Crippen LogP contribution in [-0.2, 0) is 11.2 Å². The summed E-state index contributed by atoms with van der Waals surface area (Å²) in [5, 5.41) is 0. The first kappa shape index (κ1) is 11.9. The van der Waals surface area contributed by atoms with Gasteiger partial charge in [0, 0.05) is 13.0 Å². The predicted molar refractivity (Wildman–Crippen MR) is 71.0 cm³/mol. The lowest BCUT2D eigenvalue weighted by atomic mass is 10.0. The Labute approximate surface area is 103 Å². The van der Waals surface area contributed by atoms with E-state index in [0.29, 0.717) is 0 Å². The van der Waals surface area contributed by atoms with Crippen LogP contribution in [0.3, 0.4) is 0 Å². The van der Waals surface area contributed by atoms with Crippen molar-refractivity contribution in [2.24, 2.45) is 0 Å². The zero-order valence-electron chi connectivity index (χ0n) is 10.2. The fraction of sp³-hybridized carbons (Fsp3) is 0.250. The highest BCUT2D eigenvalue weighted by Gasteiger charge is 2.11. The van der Waals surface area contributed by atoms with Gasteiger partial charge < -0.3 is 4.74 Å². The molecule has 0 saturated heterocycles. The standard InChI is InChI=1S/C16H18O/c1-2-17-16(15-11-7-4-8-12-15)13-14-9-5-3-6-10-14/h3-12,16H,2,13H2,1H3. The molecule has 0 spiro atoms. The molecular weight excluding hydrogens is 208 g/mol. The van der Waals surface area contributed by atoms with Crippen LogP contribution in [0.1, 0.15) is 24.2 Å². The first-order valence-electron chi connectivity index (χ1n) is 6.10. The quantitative estimate of drug-likeness (QED) is 0.748. The maximum Gasteiger partial charge on any atom is 0.0865 e. The van der Waals surface area contributed by atoms with Gasteiger partial charge in [0.2, 0.25) is 0 Å². The van der Waals surface area contributed by atoms with E-state index in [4.69, 9.17) is 4.74 Å². The molecule has 0 radical (unpaired) electrons. The van der Waals surface area contributed by atoms with Gasteiger partial charge in [-0.05, 0) is 18.1 Å². The van der Waals surface area contributed by atoms with Crippen molar-refractivity contribution >= 4 is 0 Å². The fourth-order valence-electron chi connectivity index (χ4n) is 1.97. The summed E-state index contributed by atoms with van der Waals surface area (Å²) in [5.41, 5.74) is 2.56. The second kappa shape index (κ2) is 6.21. The molecular formula is C16H18O. The molecule has 0 aliphatic heterocycles. The van der Waals surface area contributed by atoms with Crippen LogP contribution < -0.4 is 0 Å². The summed E-state index contributed by atoms with van der Waals surface area (Å²) in [7, 11) is 0. The summed E-state index contributed by atoms with van der Waals surface area (Å²) < 4.78 is 5.83. The van der Waals surface area contributed by atoms with E-state index in [1.54, 1.807) is 0 Å². The highest BCUT2D eigenvalue weighted by molar-refractivity contribution is 5.22. The van der Waals surface area contributed by atoms with Crippen LogP contribution in [0.25, 0.3) is 0 Å².